The quantitative estimate of drug-likeness (QED) is 0.199. The molecule has 3 aromatic carbocycles. The Hall–Kier alpha value is -3.70. The predicted octanol–water partition coefficient (Wildman–Crippen LogP) is 5.73. The summed E-state index contributed by atoms with van der Waals surface area (Å²) in [6.45, 7) is 7.34. The van der Waals surface area contributed by atoms with E-state index in [-0.39, 0.29) is 29.1 Å². The Morgan fingerprint density at radius 3 is 2.27 bits per heavy atom. The minimum atomic E-state index is -4.23. The third kappa shape index (κ3) is 8.69. The molecule has 2 atom stereocenters. The highest BCUT2D eigenvalue weighted by Gasteiger charge is 2.35. The zero-order chi connectivity index (χ0) is 32.3. The first-order valence-corrected chi connectivity index (χ1v) is 17.4. The molecule has 2 amide bonds. The first-order valence-electron chi connectivity index (χ1n) is 14.7. The van der Waals surface area contributed by atoms with Gasteiger partial charge in [0, 0.05) is 17.5 Å². The molecule has 0 fully saturated rings. The van der Waals surface area contributed by atoms with E-state index in [1.54, 1.807) is 62.6 Å². The van der Waals surface area contributed by atoms with Gasteiger partial charge in [-0.25, -0.2) is 8.42 Å². The Bertz CT molecular complexity index is 1500. The van der Waals surface area contributed by atoms with Crippen molar-refractivity contribution in [2.45, 2.75) is 69.0 Å². The summed E-state index contributed by atoms with van der Waals surface area (Å²) in [5.74, 6) is 0.105. The average molecular weight is 642 g/mol. The van der Waals surface area contributed by atoms with Crippen LogP contribution in [0, 0.1) is 0 Å². The number of anilines is 1. The molecule has 3 aromatic rings. The summed E-state index contributed by atoms with van der Waals surface area (Å²) in [7, 11) is -2.68. The molecule has 44 heavy (non-hydrogen) atoms. The number of carbonyl (C=O) groups excluding carboxylic acids is 2. The molecule has 0 aromatic heterocycles. The Balaban J connectivity index is 2.12. The van der Waals surface area contributed by atoms with Crippen molar-refractivity contribution in [3.05, 3.63) is 78.4 Å². The molecule has 0 spiro atoms. The molecular weight excluding hydrogens is 599 g/mol. The van der Waals surface area contributed by atoms with Gasteiger partial charge in [-0.3, -0.25) is 13.9 Å². The molecule has 0 heterocycles. The third-order valence-corrected chi connectivity index (χ3v) is 9.75. The van der Waals surface area contributed by atoms with Crippen molar-refractivity contribution in [3.63, 3.8) is 0 Å². The van der Waals surface area contributed by atoms with Crippen molar-refractivity contribution in [3.8, 4) is 11.5 Å². The van der Waals surface area contributed by atoms with Gasteiger partial charge in [0.1, 0.15) is 24.1 Å². The Morgan fingerprint density at radius 1 is 0.955 bits per heavy atom. The molecule has 1 N–H and O–H groups in total. The number of methoxy groups -OCH3 is 1. The second-order valence-corrected chi connectivity index (χ2v) is 12.9. The number of hydrogen-bond donors (Lipinski definition) is 1. The fourth-order valence-corrected chi connectivity index (χ4v) is 6.49. The number of rotatable bonds is 16. The normalized spacial score (nSPS) is 12.6. The van der Waals surface area contributed by atoms with Gasteiger partial charge in [0.05, 0.1) is 24.3 Å². The number of thioether (sulfide) groups is 1. The maximum absolute atomic E-state index is 14.4. The summed E-state index contributed by atoms with van der Waals surface area (Å²) in [6.07, 6.45) is 2.96. The third-order valence-electron chi connectivity index (χ3n) is 7.23. The fraction of sp³-hybridized carbons (Fsp3) is 0.394. The summed E-state index contributed by atoms with van der Waals surface area (Å²) < 4.78 is 40.7. The van der Waals surface area contributed by atoms with Crippen LogP contribution < -0.4 is 19.1 Å². The number of ether oxygens (including phenoxy) is 2. The minimum absolute atomic E-state index is 0.0373. The predicted molar refractivity (Wildman–Crippen MR) is 176 cm³/mol. The van der Waals surface area contributed by atoms with Gasteiger partial charge in [0.15, 0.2) is 0 Å². The van der Waals surface area contributed by atoms with Crippen LogP contribution >= 0.6 is 11.8 Å². The molecule has 0 radical (unpaired) electrons. The number of para-hydroxylation sites is 2. The molecule has 0 aliphatic carbocycles. The van der Waals surface area contributed by atoms with Gasteiger partial charge in [-0.2, -0.15) is 0 Å². The lowest BCUT2D eigenvalue weighted by atomic mass is 10.1. The van der Waals surface area contributed by atoms with Crippen molar-refractivity contribution in [1.82, 2.24) is 10.2 Å². The van der Waals surface area contributed by atoms with Gasteiger partial charge in [-0.05, 0) is 87.0 Å². The highest BCUT2D eigenvalue weighted by molar-refractivity contribution is 7.98. The van der Waals surface area contributed by atoms with Gasteiger partial charge in [-0.1, -0.05) is 38.1 Å². The maximum Gasteiger partial charge on any atom is 0.264 e. The molecule has 238 valence electrons. The van der Waals surface area contributed by atoms with Crippen LogP contribution in [0.1, 0.15) is 46.1 Å². The molecule has 0 saturated carbocycles. The van der Waals surface area contributed by atoms with Crippen molar-refractivity contribution in [1.29, 1.82) is 0 Å². The van der Waals surface area contributed by atoms with Crippen LogP contribution in [0.25, 0.3) is 0 Å². The Labute approximate surface area is 266 Å². The molecule has 0 unspecified atom stereocenters. The minimum Gasteiger partial charge on any atom is -0.497 e. The lowest BCUT2D eigenvalue weighted by molar-refractivity contribution is -0.140. The molecule has 11 heteroatoms. The van der Waals surface area contributed by atoms with E-state index in [2.05, 4.69) is 5.32 Å². The number of hydrogen-bond acceptors (Lipinski definition) is 7. The smallest absolute Gasteiger partial charge is 0.264 e. The fourth-order valence-electron chi connectivity index (χ4n) is 4.66. The van der Waals surface area contributed by atoms with E-state index < -0.39 is 28.5 Å². The second kappa shape index (κ2) is 16.4. The molecule has 9 nitrogen and oxygen atoms in total. The molecule has 3 rings (SSSR count). The van der Waals surface area contributed by atoms with Crippen molar-refractivity contribution < 1.29 is 27.5 Å². The van der Waals surface area contributed by atoms with E-state index in [1.807, 2.05) is 39.2 Å². The highest BCUT2D eigenvalue weighted by Crippen LogP contribution is 2.33. The zero-order valence-electron chi connectivity index (χ0n) is 26.3. The van der Waals surface area contributed by atoms with E-state index in [0.717, 1.165) is 21.2 Å². The number of amides is 2. The molecule has 0 bridgehead atoms. The van der Waals surface area contributed by atoms with E-state index in [1.165, 1.54) is 28.8 Å². The highest BCUT2D eigenvalue weighted by atomic mass is 32.2. The standard InChI is InChI=1S/C33H43N3O6S2/c1-7-24(4)34-33(38)29(8-2)35(22-25-13-12-14-26(21-25)41-5)32(37)23-36(30-15-10-11-16-31(30)42-9-3)44(39,40)28-19-17-27(43-6)18-20-28/h10-21,24,29H,7-9,22-23H2,1-6H3,(H,34,38)/t24-,29-/m0/s1. The number of nitrogens with zero attached hydrogens (tertiary/aromatic N) is 2. The Morgan fingerprint density at radius 2 is 1.66 bits per heavy atom. The summed E-state index contributed by atoms with van der Waals surface area (Å²) in [4.78, 5) is 30.2. The van der Waals surface area contributed by atoms with Crippen LogP contribution in [0.2, 0.25) is 0 Å². The van der Waals surface area contributed by atoms with Gasteiger partial charge in [0.2, 0.25) is 11.8 Å². The van der Waals surface area contributed by atoms with Crippen LogP contribution in [-0.2, 0) is 26.2 Å². The van der Waals surface area contributed by atoms with E-state index in [4.69, 9.17) is 9.47 Å². The van der Waals surface area contributed by atoms with Gasteiger partial charge >= 0.3 is 0 Å². The van der Waals surface area contributed by atoms with E-state index in [0.29, 0.717) is 24.5 Å². The van der Waals surface area contributed by atoms with Gasteiger partial charge in [0.25, 0.3) is 10.0 Å². The molecular formula is C33H43N3O6S2. The van der Waals surface area contributed by atoms with Crippen molar-refractivity contribution >= 4 is 39.3 Å². The lowest BCUT2D eigenvalue weighted by Gasteiger charge is -2.34. The van der Waals surface area contributed by atoms with Crippen LogP contribution in [0.4, 0.5) is 5.69 Å². The van der Waals surface area contributed by atoms with E-state index in [9.17, 15) is 18.0 Å². The van der Waals surface area contributed by atoms with E-state index >= 15 is 0 Å². The topological polar surface area (TPSA) is 105 Å². The first-order chi connectivity index (χ1) is 21.1. The summed E-state index contributed by atoms with van der Waals surface area (Å²) >= 11 is 1.50. The zero-order valence-corrected chi connectivity index (χ0v) is 27.9. The van der Waals surface area contributed by atoms with Gasteiger partial charge < -0.3 is 19.7 Å². The first kappa shape index (κ1) is 34.8. The summed E-state index contributed by atoms with van der Waals surface area (Å²) in [6, 6.07) is 19.6. The van der Waals surface area contributed by atoms with Crippen LogP contribution in [0.5, 0.6) is 11.5 Å². The van der Waals surface area contributed by atoms with Gasteiger partial charge in [-0.15, -0.1) is 11.8 Å². The summed E-state index contributed by atoms with van der Waals surface area (Å²) in [5, 5.41) is 2.99. The maximum atomic E-state index is 14.4. The SMILES string of the molecule is CCOc1ccccc1N(CC(=O)N(Cc1cccc(OC)c1)[C@@H](CC)C(=O)N[C@@H](C)CC)S(=O)(=O)c1ccc(SC)cc1. The number of nitrogens with one attached hydrogen (secondary N) is 1. The summed E-state index contributed by atoms with van der Waals surface area (Å²) in [5.41, 5.74) is 0.972. The average Bonchev–Trinajstić information content (AvgIpc) is 3.03. The molecule has 0 aliphatic rings. The lowest BCUT2D eigenvalue weighted by Crippen LogP contribution is -2.53. The second-order valence-electron chi connectivity index (χ2n) is 10.2. The number of benzene rings is 3. The number of sulfonamides is 1. The molecule has 0 aliphatic heterocycles. The Kier molecular flexibility index (Phi) is 13.0. The van der Waals surface area contributed by atoms with Crippen molar-refractivity contribution in [2.24, 2.45) is 0 Å². The number of carbonyl (C=O) groups is 2. The van der Waals surface area contributed by atoms with Crippen LogP contribution in [0.15, 0.2) is 82.6 Å². The monoisotopic (exact) mass is 641 g/mol. The van der Waals surface area contributed by atoms with Crippen LogP contribution in [0.3, 0.4) is 0 Å². The molecule has 0 saturated heterocycles. The largest absolute Gasteiger partial charge is 0.497 e. The van der Waals surface area contributed by atoms with Crippen molar-refractivity contribution in [2.75, 3.05) is 30.8 Å². The van der Waals surface area contributed by atoms with Crippen LogP contribution in [-0.4, -0.2) is 63.7 Å².